The van der Waals surface area contributed by atoms with Gasteiger partial charge in [0, 0.05) is 19.2 Å². The van der Waals surface area contributed by atoms with Crippen LogP contribution in [0.1, 0.15) is 61.0 Å². The lowest BCUT2D eigenvalue weighted by Crippen LogP contribution is -2.52. The van der Waals surface area contributed by atoms with E-state index < -0.39 is 13.9 Å². The van der Waals surface area contributed by atoms with Crippen molar-refractivity contribution >= 4 is 20.5 Å². The van der Waals surface area contributed by atoms with E-state index in [1.54, 1.807) is 35.4 Å². The van der Waals surface area contributed by atoms with Crippen molar-refractivity contribution < 1.29 is 28.6 Å². The summed E-state index contributed by atoms with van der Waals surface area (Å²) in [4.78, 5) is 31.5. The molecule has 1 atom stereocenters. The van der Waals surface area contributed by atoms with Crippen LogP contribution in [0.3, 0.4) is 0 Å². The summed E-state index contributed by atoms with van der Waals surface area (Å²) in [6.07, 6.45) is 2.76. The molecule has 1 aromatic heterocycles. The molecule has 8 nitrogen and oxygen atoms in total. The molecule has 2 heterocycles. The highest BCUT2D eigenvalue weighted by molar-refractivity contribution is 6.74. The molecule has 0 spiro atoms. The number of carbonyl (C=O) groups is 2. The average molecular weight is 529 g/mol. The number of hydrogen-bond donors (Lipinski definition) is 1. The molecule has 0 radical (unpaired) electrons. The first-order chi connectivity index (χ1) is 17.3. The molecule has 0 saturated carbocycles. The van der Waals surface area contributed by atoms with Crippen LogP contribution in [0, 0.1) is 0 Å². The van der Waals surface area contributed by atoms with Crippen LogP contribution in [0.25, 0.3) is 0 Å². The zero-order valence-corrected chi connectivity index (χ0v) is 24.0. The van der Waals surface area contributed by atoms with Gasteiger partial charge in [-0.05, 0) is 56.2 Å². The van der Waals surface area contributed by atoms with Gasteiger partial charge in [0.15, 0.2) is 14.6 Å². The predicted molar refractivity (Wildman–Crippen MR) is 145 cm³/mol. The summed E-state index contributed by atoms with van der Waals surface area (Å²) in [6, 6.07) is 7.85. The Morgan fingerprint density at radius 2 is 1.95 bits per heavy atom. The topological polar surface area (TPSA) is 98.2 Å². The number of ether oxygens (including phenoxy) is 2. The fourth-order valence-electron chi connectivity index (χ4n) is 4.23. The number of amides is 1. The molecule has 1 aliphatic rings. The Morgan fingerprint density at radius 1 is 1.22 bits per heavy atom. The van der Waals surface area contributed by atoms with Crippen LogP contribution in [0.5, 0.6) is 11.5 Å². The highest BCUT2D eigenvalue weighted by Crippen LogP contribution is 2.40. The van der Waals surface area contributed by atoms with Gasteiger partial charge < -0.3 is 23.9 Å². The first-order valence-corrected chi connectivity index (χ1v) is 15.6. The van der Waals surface area contributed by atoms with Crippen molar-refractivity contribution in [2.45, 2.75) is 70.8 Å². The van der Waals surface area contributed by atoms with Gasteiger partial charge >= 0.3 is 0 Å². The monoisotopic (exact) mass is 528 g/mol. The second-order valence-electron chi connectivity index (χ2n) is 11.6. The van der Waals surface area contributed by atoms with Gasteiger partial charge in [-0.25, -0.2) is 0 Å². The number of hydrogen-bond acceptors (Lipinski definition) is 7. The van der Waals surface area contributed by atoms with Gasteiger partial charge in [0.2, 0.25) is 0 Å². The Bertz CT molecular complexity index is 1110. The van der Waals surface area contributed by atoms with Gasteiger partial charge in [-0.15, -0.1) is 0 Å². The minimum absolute atomic E-state index is 0.0628. The zero-order valence-electron chi connectivity index (χ0n) is 23.0. The molecule has 0 unspecified atom stereocenters. The Kier molecular flexibility index (Phi) is 8.82. The van der Waals surface area contributed by atoms with Crippen LogP contribution in [0.15, 0.2) is 36.5 Å². The van der Waals surface area contributed by atoms with Gasteiger partial charge in [-0.3, -0.25) is 14.6 Å². The van der Waals surface area contributed by atoms with Gasteiger partial charge in [0.25, 0.3) is 5.91 Å². The molecular formula is C28H40N2O6Si. The minimum atomic E-state index is -2.04. The maximum absolute atomic E-state index is 13.8. The van der Waals surface area contributed by atoms with Crippen molar-refractivity contribution in [2.75, 3.05) is 26.4 Å². The average Bonchev–Trinajstić information content (AvgIpc) is 2.81. The summed E-state index contributed by atoms with van der Waals surface area (Å²) >= 11 is 0. The normalized spacial score (nSPS) is 16.9. The summed E-state index contributed by atoms with van der Waals surface area (Å²) in [6.45, 7) is 16.4. The van der Waals surface area contributed by atoms with Crippen molar-refractivity contribution in [2.24, 2.45) is 0 Å². The molecule has 37 heavy (non-hydrogen) atoms. The van der Waals surface area contributed by atoms with E-state index in [9.17, 15) is 14.7 Å². The number of rotatable bonds is 9. The fourth-order valence-corrected chi connectivity index (χ4v) is 5.99. The number of aromatic nitrogens is 1. The van der Waals surface area contributed by atoms with E-state index in [0.29, 0.717) is 43.7 Å². The smallest absolute Gasteiger partial charge is 0.256 e. The molecule has 1 fully saturated rings. The van der Waals surface area contributed by atoms with E-state index in [1.165, 1.54) is 6.07 Å². The van der Waals surface area contributed by atoms with Crippen LogP contribution in [0.4, 0.5) is 0 Å². The molecular weight excluding hydrogens is 488 g/mol. The highest BCUT2D eigenvalue weighted by Gasteiger charge is 2.42. The number of benzene rings is 1. The number of morpholine rings is 1. The maximum atomic E-state index is 13.8. The second-order valence-corrected chi connectivity index (χ2v) is 16.4. The SMILES string of the molecule is CC(C)(Cc1ncccc1C(=O)N1CCOC[C@H]1COc1cccc(O)c1C=O)O[Si](C)(C)C(C)(C)C. The first-order valence-electron chi connectivity index (χ1n) is 12.7. The summed E-state index contributed by atoms with van der Waals surface area (Å²) < 4.78 is 18.2. The summed E-state index contributed by atoms with van der Waals surface area (Å²) in [5.74, 6) is -0.0305. The number of phenolic OH excluding ortho intramolecular Hbond substituents is 1. The lowest BCUT2D eigenvalue weighted by molar-refractivity contribution is -0.0152. The second kappa shape index (κ2) is 11.3. The van der Waals surface area contributed by atoms with E-state index >= 15 is 0 Å². The third-order valence-electron chi connectivity index (χ3n) is 7.13. The van der Waals surface area contributed by atoms with E-state index in [0.717, 1.165) is 0 Å². The lowest BCUT2D eigenvalue weighted by atomic mass is 9.98. The summed E-state index contributed by atoms with van der Waals surface area (Å²) in [5, 5.41) is 10.0. The molecule has 0 bridgehead atoms. The van der Waals surface area contributed by atoms with E-state index in [4.69, 9.17) is 13.9 Å². The van der Waals surface area contributed by atoms with Crippen LogP contribution in [0.2, 0.25) is 18.1 Å². The molecule has 1 amide bonds. The van der Waals surface area contributed by atoms with Gasteiger partial charge in [-0.1, -0.05) is 26.8 Å². The first kappa shape index (κ1) is 28.8. The van der Waals surface area contributed by atoms with Crippen molar-refractivity contribution in [3.05, 3.63) is 53.3 Å². The lowest BCUT2D eigenvalue weighted by Gasteiger charge is -2.43. The van der Waals surface area contributed by atoms with E-state index in [1.807, 2.05) is 0 Å². The number of carbonyl (C=O) groups excluding carboxylic acids is 2. The molecule has 0 aliphatic carbocycles. The van der Waals surface area contributed by atoms with Gasteiger partial charge in [0.1, 0.15) is 18.1 Å². The highest BCUT2D eigenvalue weighted by atomic mass is 28.4. The number of pyridine rings is 1. The van der Waals surface area contributed by atoms with Crippen LogP contribution >= 0.6 is 0 Å². The Morgan fingerprint density at radius 3 is 2.62 bits per heavy atom. The van der Waals surface area contributed by atoms with Gasteiger partial charge in [0.05, 0.1) is 41.7 Å². The third kappa shape index (κ3) is 6.97. The minimum Gasteiger partial charge on any atom is -0.507 e. The molecule has 3 rings (SSSR count). The largest absolute Gasteiger partial charge is 0.507 e. The quantitative estimate of drug-likeness (QED) is 0.366. The van der Waals surface area contributed by atoms with E-state index in [2.05, 4.69) is 52.7 Å². The van der Waals surface area contributed by atoms with Crippen molar-refractivity contribution in [1.82, 2.24) is 9.88 Å². The van der Waals surface area contributed by atoms with Gasteiger partial charge in [-0.2, -0.15) is 0 Å². The number of nitrogens with zero attached hydrogens (tertiary/aromatic N) is 2. The number of aldehydes is 1. The number of phenols is 1. The maximum Gasteiger partial charge on any atom is 0.256 e. The summed E-state index contributed by atoms with van der Waals surface area (Å²) in [5.41, 5.74) is 0.807. The van der Waals surface area contributed by atoms with Crippen molar-refractivity contribution in [3.8, 4) is 11.5 Å². The zero-order chi connectivity index (χ0) is 27.4. The molecule has 1 aromatic carbocycles. The van der Waals surface area contributed by atoms with Crippen LogP contribution in [-0.2, 0) is 15.6 Å². The molecule has 1 aliphatic heterocycles. The molecule has 1 N–H and O–H groups in total. The number of aromatic hydroxyl groups is 1. The molecule has 1 saturated heterocycles. The summed E-state index contributed by atoms with van der Waals surface area (Å²) in [7, 11) is -2.04. The standard InChI is InChI=1S/C28H40N2O6Si/c1-27(2,3)37(6,7)36-28(4,5)16-23-21(10-9-13-29-23)26(33)30-14-15-34-18-20(30)19-35-25-12-8-11-24(32)22(25)17-31/h8-13,17,20,32H,14-16,18-19H2,1-7H3/t20-/m0/s1. The van der Waals surface area contributed by atoms with Crippen molar-refractivity contribution in [3.63, 3.8) is 0 Å². The van der Waals surface area contributed by atoms with Crippen molar-refractivity contribution in [1.29, 1.82) is 0 Å². The Hall–Kier alpha value is -2.75. The third-order valence-corrected chi connectivity index (χ3v) is 11.8. The Labute approximate surface area is 221 Å². The van der Waals surface area contributed by atoms with E-state index in [-0.39, 0.29) is 40.7 Å². The molecule has 9 heteroatoms. The van der Waals surface area contributed by atoms with Crippen LogP contribution in [-0.4, -0.2) is 73.5 Å². The Balaban J connectivity index is 1.80. The van der Waals surface area contributed by atoms with Crippen LogP contribution < -0.4 is 4.74 Å². The molecule has 2 aromatic rings. The fraction of sp³-hybridized carbons (Fsp3) is 0.536. The molecule has 202 valence electrons. The predicted octanol–water partition coefficient (Wildman–Crippen LogP) is 4.86.